The van der Waals surface area contributed by atoms with Gasteiger partial charge in [-0.25, -0.2) is 13.7 Å². The van der Waals surface area contributed by atoms with E-state index in [9.17, 15) is 14.0 Å². The van der Waals surface area contributed by atoms with E-state index in [-0.39, 0.29) is 25.4 Å². The Morgan fingerprint density at radius 2 is 1.82 bits per heavy atom. The summed E-state index contributed by atoms with van der Waals surface area (Å²) in [6.07, 6.45) is 2.32. The van der Waals surface area contributed by atoms with Crippen molar-refractivity contribution in [1.82, 2.24) is 24.4 Å². The fourth-order valence-corrected chi connectivity index (χ4v) is 7.28. The number of aryl methyl sites for hydroxylation is 1. The highest BCUT2D eigenvalue weighted by Gasteiger charge is 2.34. The first-order valence-corrected chi connectivity index (χ1v) is 17.3. The number of anilines is 1. The summed E-state index contributed by atoms with van der Waals surface area (Å²) in [6, 6.07) is 10.0. The zero-order chi connectivity index (χ0) is 34.6. The van der Waals surface area contributed by atoms with E-state index in [0.29, 0.717) is 23.1 Å². The van der Waals surface area contributed by atoms with Crippen molar-refractivity contribution in [2.24, 2.45) is 11.8 Å². The fourth-order valence-electron chi connectivity index (χ4n) is 7.28. The molecule has 4 aromatic rings. The topological polar surface area (TPSA) is 103 Å². The van der Waals surface area contributed by atoms with E-state index >= 15 is 0 Å². The molecule has 3 aliphatic rings. The van der Waals surface area contributed by atoms with Crippen LogP contribution in [0.2, 0.25) is 0 Å². The molecular formula is C37H47FN6O5. The summed E-state index contributed by atoms with van der Waals surface area (Å²) in [7, 11) is 3.34. The predicted octanol–water partition coefficient (Wildman–Crippen LogP) is 5.84. The van der Waals surface area contributed by atoms with Crippen LogP contribution in [0.1, 0.15) is 56.0 Å². The number of nitrogens with one attached hydrogen (secondary N) is 1. The number of ether oxygens (including phenoxy) is 3. The number of benzene rings is 1. The summed E-state index contributed by atoms with van der Waals surface area (Å²) in [6.45, 7) is 11.1. The third kappa shape index (κ3) is 6.79. The number of carbonyl (C=O) groups is 2. The molecule has 0 radical (unpaired) electrons. The maximum absolute atomic E-state index is 14.9. The van der Waals surface area contributed by atoms with Crippen molar-refractivity contribution in [3.05, 3.63) is 47.7 Å². The Labute approximate surface area is 286 Å². The van der Waals surface area contributed by atoms with Crippen molar-refractivity contribution in [2.45, 2.75) is 71.3 Å². The summed E-state index contributed by atoms with van der Waals surface area (Å²) >= 11 is 0. The van der Waals surface area contributed by atoms with E-state index in [4.69, 9.17) is 19.3 Å². The molecule has 1 aromatic carbocycles. The summed E-state index contributed by atoms with van der Waals surface area (Å²) in [5.74, 6) is 1.35. The first-order valence-electron chi connectivity index (χ1n) is 17.3. The van der Waals surface area contributed by atoms with Gasteiger partial charge < -0.3 is 33.9 Å². The van der Waals surface area contributed by atoms with E-state index in [1.165, 1.54) is 28.9 Å². The van der Waals surface area contributed by atoms with E-state index in [2.05, 4.69) is 39.0 Å². The van der Waals surface area contributed by atoms with Gasteiger partial charge in [-0.1, -0.05) is 6.07 Å². The molecule has 1 N–H and O–H groups in total. The third-order valence-corrected chi connectivity index (χ3v) is 9.80. The molecular weight excluding hydrogens is 627 g/mol. The molecule has 7 rings (SSSR count). The highest BCUT2D eigenvalue weighted by atomic mass is 19.1. The molecule has 3 fully saturated rings. The smallest absolute Gasteiger partial charge is 0.407 e. The molecule has 0 unspecified atom stereocenters. The zero-order valence-electron chi connectivity index (χ0n) is 29.3. The number of alkyl halides is 1. The van der Waals surface area contributed by atoms with Crippen LogP contribution >= 0.6 is 0 Å². The Bertz CT molecular complexity index is 1890. The Hall–Kier alpha value is -4.32. The van der Waals surface area contributed by atoms with Gasteiger partial charge >= 0.3 is 6.09 Å². The number of amides is 2. The van der Waals surface area contributed by atoms with Crippen LogP contribution in [0.4, 0.5) is 14.9 Å². The van der Waals surface area contributed by atoms with Crippen molar-refractivity contribution in [1.29, 1.82) is 0 Å². The molecule has 49 heavy (non-hydrogen) atoms. The van der Waals surface area contributed by atoms with Gasteiger partial charge in [-0.15, -0.1) is 0 Å². The van der Waals surface area contributed by atoms with Gasteiger partial charge in [-0.2, -0.15) is 5.10 Å². The van der Waals surface area contributed by atoms with Gasteiger partial charge in [-0.05, 0) is 70.7 Å². The average Bonchev–Trinajstić information content (AvgIpc) is 3.69. The molecule has 11 nitrogen and oxygen atoms in total. The van der Waals surface area contributed by atoms with Crippen molar-refractivity contribution in [2.75, 3.05) is 51.9 Å². The lowest BCUT2D eigenvalue weighted by atomic mass is 10.00. The van der Waals surface area contributed by atoms with Crippen LogP contribution in [0.3, 0.4) is 0 Å². The molecule has 5 heterocycles. The van der Waals surface area contributed by atoms with Crippen molar-refractivity contribution < 1.29 is 28.2 Å². The quantitative estimate of drug-likeness (QED) is 0.238. The SMILES string of the molecule is COCC1CN(c2ccc3cc(-c4nn5cc(C(=O)N6C[C@H](F)C[C@@H](NC(=O)OC(C)(C)C)C6)cc(OC)c5c4C)n(CC4CC4)c3c2)C1. The number of rotatable bonds is 9. The maximum Gasteiger partial charge on any atom is 0.407 e. The van der Waals surface area contributed by atoms with Gasteiger partial charge in [0.2, 0.25) is 0 Å². The second-order valence-electron chi connectivity index (χ2n) is 15.0. The van der Waals surface area contributed by atoms with E-state index in [0.717, 1.165) is 54.1 Å². The molecule has 1 saturated carbocycles. The summed E-state index contributed by atoms with van der Waals surface area (Å²) in [5, 5.41) is 8.95. The molecule has 0 bridgehead atoms. The van der Waals surface area contributed by atoms with Crippen LogP contribution in [-0.4, -0.2) is 95.9 Å². The lowest BCUT2D eigenvalue weighted by Crippen LogP contribution is -2.54. The number of alkyl carbamates (subject to hydrolysis) is 1. The Balaban J connectivity index is 1.20. The monoisotopic (exact) mass is 674 g/mol. The van der Waals surface area contributed by atoms with Gasteiger partial charge in [0.15, 0.2) is 0 Å². The van der Waals surface area contributed by atoms with Crippen LogP contribution < -0.4 is 15.0 Å². The zero-order valence-corrected chi connectivity index (χ0v) is 29.3. The highest BCUT2D eigenvalue weighted by molar-refractivity contribution is 5.96. The number of hydrogen-bond donors (Lipinski definition) is 1. The van der Waals surface area contributed by atoms with Crippen LogP contribution in [0.25, 0.3) is 27.8 Å². The molecule has 0 spiro atoms. The molecule has 2 amide bonds. The number of halogens is 1. The van der Waals surface area contributed by atoms with Gasteiger partial charge in [0, 0.05) is 68.5 Å². The van der Waals surface area contributed by atoms with Gasteiger partial charge in [-0.3, -0.25) is 4.79 Å². The lowest BCUT2D eigenvalue weighted by Gasteiger charge is -2.40. The first kappa shape index (κ1) is 33.2. The van der Waals surface area contributed by atoms with Gasteiger partial charge in [0.25, 0.3) is 5.91 Å². The second kappa shape index (κ2) is 12.9. The molecule has 1 aliphatic carbocycles. The summed E-state index contributed by atoms with van der Waals surface area (Å²) < 4.78 is 35.6. The largest absolute Gasteiger partial charge is 0.494 e. The molecule has 12 heteroatoms. The number of methoxy groups -OCH3 is 2. The number of aromatic nitrogens is 3. The second-order valence-corrected chi connectivity index (χ2v) is 15.0. The van der Waals surface area contributed by atoms with E-state index < -0.39 is 23.9 Å². The Kier molecular flexibility index (Phi) is 8.71. The first-order chi connectivity index (χ1) is 23.4. The number of piperidine rings is 1. The molecule has 262 valence electrons. The van der Waals surface area contributed by atoms with Gasteiger partial charge in [0.05, 0.1) is 43.1 Å². The number of nitrogens with zero attached hydrogens (tertiary/aromatic N) is 5. The van der Waals surface area contributed by atoms with Crippen LogP contribution in [0.5, 0.6) is 5.75 Å². The number of hydrogen-bond acceptors (Lipinski definition) is 7. The average molecular weight is 675 g/mol. The normalized spacial score (nSPS) is 20.1. The number of fused-ring (bicyclic) bond motifs is 2. The van der Waals surface area contributed by atoms with Crippen LogP contribution in [0.15, 0.2) is 36.5 Å². The minimum absolute atomic E-state index is 0.0667. The van der Waals surface area contributed by atoms with Gasteiger partial charge in [0.1, 0.15) is 28.7 Å². The fraction of sp³-hybridized carbons (Fsp3) is 0.541. The standard InChI is InChI=1S/C37H47FN6O5/c1-22-33(31-11-25-9-10-29(41-15-24(16-41)21-47-5)14-30(25)43(31)17-23-7-8-23)40-44-18-26(12-32(48-6)34(22)44)35(45)42-19-27(38)13-28(20-42)39-36(46)49-37(2,3)4/h9-12,14,18,23-24,27-28H,7-8,13,15-17,19-21H2,1-6H3,(H,39,46)/t27-,28-/m1/s1. The summed E-state index contributed by atoms with van der Waals surface area (Å²) in [5.41, 5.74) is 5.63. The maximum atomic E-state index is 14.9. The molecule has 2 aliphatic heterocycles. The molecule has 3 aromatic heterocycles. The predicted molar refractivity (Wildman–Crippen MR) is 186 cm³/mol. The minimum Gasteiger partial charge on any atom is -0.494 e. The van der Waals surface area contributed by atoms with E-state index in [1.54, 1.807) is 51.8 Å². The summed E-state index contributed by atoms with van der Waals surface area (Å²) in [4.78, 5) is 30.1. The number of carbonyl (C=O) groups excluding carboxylic acids is 2. The van der Waals surface area contributed by atoms with Crippen molar-refractivity contribution >= 4 is 34.1 Å². The van der Waals surface area contributed by atoms with Crippen molar-refractivity contribution in [3.8, 4) is 17.1 Å². The Morgan fingerprint density at radius 3 is 2.51 bits per heavy atom. The van der Waals surface area contributed by atoms with E-state index in [1.807, 2.05) is 6.92 Å². The lowest BCUT2D eigenvalue weighted by molar-refractivity contribution is 0.0394. The third-order valence-electron chi connectivity index (χ3n) is 9.80. The van der Waals surface area contributed by atoms with Crippen molar-refractivity contribution in [3.63, 3.8) is 0 Å². The minimum atomic E-state index is -1.29. The number of likely N-dealkylation sites (tertiary alicyclic amines) is 1. The molecule has 2 atom stereocenters. The Morgan fingerprint density at radius 1 is 1.04 bits per heavy atom. The molecule has 2 saturated heterocycles. The highest BCUT2D eigenvalue weighted by Crippen LogP contribution is 2.40. The van der Waals surface area contributed by atoms with Crippen LogP contribution in [0, 0.1) is 18.8 Å². The number of pyridine rings is 1. The van der Waals surface area contributed by atoms with Crippen LogP contribution in [-0.2, 0) is 16.0 Å².